The Hall–Kier alpha value is -2.53. The third-order valence-corrected chi connectivity index (χ3v) is 14.6. The van der Waals surface area contributed by atoms with Crippen LogP contribution in [0, 0.1) is 46.3 Å². The molecule has 7 rings (SSSR count). The summed E-state index contributed by atoms with van der Waals surface area (Å²) in [4.78, 5) is 61.7. The molecule has 0 amide bonds. The highest BCUT2D eigenvalue weighted by molar-refractivity contribution is 5.67. The van der Waals surface area contributed by atoms with Crippen molar-refractivity contribution in [1.82, 2.24) is 0 Å². The second-order valence-electron chi connectivity index (χ2n) is 17.2. The largest absolute Gasteiger partial charge is 0.481 e. The van der Waals surface area contributed by atoms with Crippen molar-refractivity contribution >= 4 is 17.9 Å². The van der Waals surface area contributed by atoms with Gasteiger partial charge in [-0.3, -0.25) is 14.4 Å². The Bertz CT molecular complexity index is 1410. The van der Waals surface area contributed by atoms with Crippen LogP contribution in [-0.2, 0) is 43.4 Å². The zero-order valence-corrected chi connectivity index (χ0v) is 30.4. The van der Waals surface area contributed by atoms with E-state index in [0.717, 1.165) is 32.1 Å². The fourth-order valence-corrected chi connectivity index (χ4v) is 12.1. The van der Waals surface area contributed by atoms with Crippen LogP contribution in [0.15, 0.2) is 30.3 Å². The first-order chi connectivity index (χ1) is 23.8. The molecule has 276 valence electrons. The number of carbonyl (C=O) groups excluding carboxylic acids is 2. The van der Waals surface area contributed by atoms with Crippen LogP contribution in [0.1, 0.15) is 130 Å². The second kappa shape index (κ2) is 13.5. The fourth-order valence-electron chi connectivity index (χ4n) is 12.1. The van der Waals surface area contributed by atoms with Gasteiger partial charge in [-0.2, -0.15) is 19.6 Å². The topological polar surface area (TPSA) is 127 Å². The van der Waals surface area contributed by atoms with Gasteiger partial charge in [0.25, 0.3) is 0 Å². The summed E-state index contributed by atoms with van der Waals surface area (Å²) in [5.74, 6) is -2.03. The smallest absolute Gasteiger partial charge is 0.303 e. The number of benzene rings is 1. The van der Waals surface area contributed by atoms with Crippen LogP contribution in [0.25, 0.3) is 0 Å². The number of hydrogen-bond donors (Lipinski definition) is 1. The summed E-state index contributed by atoms with van der Waals surface area (Å²) in [5.41, 5.74) is 0.836. The molecule has 1 heterocycles. The van der Waals surface area contributed by atoms with Gasteiger partial charge in [0, 0.05) is 57.3 Å². The molecule has 10 atom stereocenters. The summed E-state index contributed by atoms with van der Waals surface area (Å²) in [7, 11) is 0. The number of ether oxygens (including phenoxy) is 2. The van der Waals surface area contributed by atoms with Gasteiger partial charge in [0.2, 0.25) is 11.6 Å². The van der Waals surface area contributed by atoms with Crippen molar-refractivity contribution < 1.29 is 48.5 Å². The Labute approximate surface area is 296 Å². The number of hydrogen-bond acceptors (Lipinski definition) is 9. The van der Waals surface area contributed by atoms with Crippen molar-refractivity contribution in [2.45, 2.75) is 148 Å². The van der Waals surface area contributed by atoms with E-state index < -0.39 is 17.5 Å². The minimum Gasteiger partial charge on any atom is -0.481 e. The lowest BCUT2D eigenvalue weighted by Gasteiger charge is -2.65. The molecule has 10 nitrogen and oxygen atoms in total. The second-order valence-corrected chi connectivity index (χ2v) is 17.2. The van der Waals surface area contributed by atoms with E-state index in [4.69, 9.17) is 29.0 Å². The molecular formula is C40H56O10. The lowest BCUT2D eigenvalue weighted by atomic mass is 9.42. The van der Waals surface area contributed by atoms with Crippen LogP contribution < -0.4 is 0 Å². The Morgan fingerprint density at radius 1 is 0.840 bits per heavy atom. The SMILES string of the molecule is CC(=O)OC1C[C@@H]2CC3(CC[C@]2(C)C2C[C@H](OC(C)=O)[C@@]4(C)C(CC[C@@H]4C(C)CCC(=O)O)C12)OOC1(CCC(c2ccccc2)CC1)OO3. The first-order valence-electron chi connectivity index (χ1n) is 19.1. The molecule has 6 fully saturated rings. The molecule has 1 saturated heterocycles. The van der Waals surface area contributed by atoms with Gasteiger partial charge in [-0.25, -0.2) is 0 Å². The highest BCUT2D eigenvalue weighted by atomic mass is 17.4. The third-order valence-electron chi connectivity index (χ3n) is 14.6. The number of carboxylic acids is 1. The van der Waals surface area contributed by atoms with E-state index in [0.29, 0.717) is 50.9 Å². The van der Waals surface area contributed by atoms with Gasteiger partial charge in [-0.05, 0) is 97.9 Å². The number of rotatable bonds is 7. The summed E-state index contributed by atoms with van der Waals surface area (Å²) in [6.45, 7) is 9.74. The van der Waals surface area contributed by atoms with Gasteiger partial charge >= 0.3 is 17.9 Å². The minimum absolute atomic E-state index is 0.0888. The van der Waals surface area contributed by atoms with Crippen LogP contribution in [0.3, 0.4) is 0 Å². The number of aliphatic carboxylic acids is 1. The molecule has 10 heteroatoms. The summed E-state index contributed by atoms with van der Waals surface area (Å²) >= 11 is 0. The van der Waals surface area contributed by atoms with Crippen molar-refractivity contribution in [2.75, 3.05) is 0 Å². The standard InChI is InChI=1S/C40H56O10/c1-24(11-14-35(43)44)30-12-13-31-36-32(22-34(38(30,31)5)46-26(3)42)37(4)19-20-40(23-29(37)21-33(36)45-25(2)41)49-47-39(48-50-40)17-15-28(16-18-39)27-9-7-6-8-10-27/h6-10,24,28-34,36H,11-23H2,1-5H3,(H,43,44)/t24?,28?,29-,30-,31?,32?,33?,34+,36?,37+,38-,39?,40?/m1/s1. The molecule has 1 aliphatic heterocycles. The molecule has 1 aromatic rings. The van der Waals surface area contributed by atoms with Gasteiger partial charge in [0.15, 0.2) is 0 Å². The van der Waals surface area contributed by atoms with Gasteiger partial charge in [0.1, 0.15) is 12.2 Å². The molecule has 2 spiro atoms. The van der Waals surface area contributed by atoms with Crippen LogP contribution in [0.4, 0.5) is 0 Å². The van der Waals surface area contributed by atoms with E-state index in [9.17, 15) is 19.5 Å². The maximum Gasteiger partial charge on any atom is 0.303 e. The van der Waals surface area contributed by atoms with Gasteiger partial charge < -0.3 is 14.6 Å². The molecule has 0 radical (unpaired) electrons. The Morgan fingerprint density at radius 3 is 2.14 bits per heavy atom. The molecule has 6 aliphatic rings. The fraction of sp³-hybridized carbons (Fsp3) is 0.775. The average Bonchev–Trinajstić information content (AvgIpc) is 3.45. The molecule has 5 unspecified atom stereocenters. The average molecular weight is 697 g/mol. The van der Waals surface area contributed by atoms with Crippen LogP contribution in [0.5, 0.6) is 0 Å². The normalized spacial score (nSPS) is 44.4. The van der Waals surface area contributed by atoms with Crippen LogP contribution >= 0.6 is 0 Å². The third kappa shape index (κ3) is 6.30. The minimum atomic E-state index is -1.05. The monoisotopic (exact) mass is 696 g/mol. The van der Waals surface area contributed by atoms with Crippen molar-refractivity contribution in [1.29, 1.82) is 0 Å². The van der Waals surface area contributed by atoms with E-state index in [1.165, 1.54) is 19.4 Å². The first kappa shape index (κ1) is 35.9. The zero-order valence-electron chi connectivity index (χ0n) is 30.4. The number of fused-ring (bicyclic) bond motifs is 5. The van der Waals surface area contributed by atoms with E-state index in [-0.39, 0.29) is 76.9 Å². The maximum absolute atomic E-state index is 12.7. The molecular weight excluding hydrogens is 640 g/mol. The maximum atomic E-state index is 12.7. The lowest BCUT2D eigenvalue weighted by Crippen LogP contribution is -2.65. The Morgan fingerprint density at radius 2 is 1.50 bits per heavy atom. The van der Waals surface area contributed by atoms with Crippen LogP contribution in [-0.4, -0.2) is 46.8 Å². The lowest BCUT2D eigenvalue weighted by molar-refractivity contribution is -0.665. The highest BCUT2D eigenvalue weighted by Gasteiger charge is 2.69. The Kier molecular flexibility index (Phi) is 9.66. The molecule has 1 aromatic carbocycles. The van der Waals surface area contributed by atoms with Gasteiger partial charge in [-0.1, -0.05) is 51.1 Å². The number of esters is 2. The van der Waals surface area contributed by atoms with Gasteiger partial charge in [0.05, 0.1) is 0 Å². The summed E-state index contributed by atoms with van der Waals surface area (Å²) in [5, 5.41) is 9.44. The van der Waals surface area contributed by atoms with Crippen molar-refractivity contribution in [2.24, 2.45) is 46.3 Å². The summed E-state index contributed by atoms with van der Waals surface area (Å²) in [6.07, 6.45) is 8.44. The van der Waals surface area contributed by atoms with E-state index in [1.807, 2.05) is 6.07 Å². The molecule has 1 N–H and O–H groups in total. The molecule has 5 saturated carbocycles. The predicted molar refractivity (Wildman–Crippen MR) is 181 cm³/mol. The zero-order chi connectivity index (χ0) is 35.5. The quantitative estimate of drug-likeness (QED) is 0.222. The molecule has 5 aliphatic carbocycles. The highest BCUT2D eigenvalue weighted by Crippen LogP contribution is 2.70. The predicted octanol–water partition coefficient (Wildman–Crippen LogP) is 7.89. The van der Waals surface area contributed by atoms with Crippen molar-refractivity contribution in [3.8, 4) is 0 Å². The molecule has 50 heavy (non-hydrogen) atoms. The van der Waals surface area contributed by atoms with E-state index >= 15 is 0 Å². The number of carboxylic acid groups (broad SMARTS) is 1. The Balaban J connectivity index is 1.10. The van der Waals surface area contributed by atoms with Gasteiger partial charge in [-0.15, -0.1) is 0 Å². The summed E-state index contributed by atoms with van der Waals surface area (Å²) < 4.78 is 12.5. The summed E-state index contributed by atoms with van der Waals surface area (Å²) in [6, 6.07) is 10.6. The van der Waals surface area contributed by atoms with E-state index in [1.54, 1.807) is 0 Å². The molecule has 0 aromatic heterocycles. The first-order valence-corrected chi connectivity index (χ1v) is 19.1. The van der Waals surface area contributed by atoms with E-state index in [2.05, 4.69) is 45.0 Å². The van der Waals surface area contributed by atoms with Crippen LogP contribution in [0.2, 0.25) is 0 Å². The molecule has 0 bridgehead atoms. The number of carbonyl (C=O) groups is 3. The van der Waals surface area contributed by atoms with Crippen molar-refractivity contribution in [3.05, 3.63) is 35.9 Å². The van der Waals surface area contributed by atoms with Crippen molar-refractivity contribution in [3.63, 3.8) is 0 Å².